The van der Waals surface area contributed by atoms with E-state index in [9.17, 15) is 4.79 Å². The molecule has 0 saturated carbocycles. The second-order valence-corrected chi connectivity index (χ2v) is 5.66. The number of ether oxygens (including phenoxy) is 1. The summed E-state index contributed by atoms with van der Waals surface area (Å²) in [6.07, 6.45) is 3.99. The number of nitrogens with one attached hydrogen (secondary N) is 2. The Balaban J connectivity index is 1.95. The van der Waals surface area contributed by atoms with Crippen molar-refractivity contribution in [2.75, 3.05) is 19.0 Å². The molecule has 1 heterocycles. The first-order valence-electron chi connectivity index (χ1n) is 6.56. The molecule has 1 aliphatic heterocycles. The van der Waals surface area contributed by atoms with Crippen LogP contribution in [0, 0.1) is 0 Å². The maximum absolute atomic E-state index is 12.0. The van der Waals surface area contributed by atoms with E-state index in [4.69, 9.17) is 4.74 Å². The highest BCUT2D eigenvalue weighted by molar-refractivity contribution is 9.10. The molecular formula is C14H19BrN2O2. The number of anilines is 1. The van der Waals surface area contributed by atoms with Gasteiger partial charge in [0.15, 0.2) is 0 Å². The molecule has 0 bridgehead atoms. The summed E-state index contributed by atoms with van der Waals surface area (Å²) in [5.41, 5.74) is 0.706. The van der Waals surface area contributed by atoms with Crippen molar-refractivity contribution in [3.05, 3.63) is 22.7 Å². The number of carbonyl (C=O) groups is 1. The van der Waals surface area contributed by atoms with E-state index in [0.29, 0.717) is 23.9 Å². The van der Waals surface area contributed by atoms with Gasteiger partial charge in [-0.3, -0.25) is 4.79 Å². The number of amides is 1. The van der Waals surface area contributed by atoms with E-state index in [1.165, 1.54) is 12.8 Å². The average molecular weight is 327 g/mol. The highest BCUT2D eigenvalue weighted by Crippen LogP contribution is 2.28. The SMILES string of the molecule is COc1ccc(Br)cc1NC(=O)CC1CCCCN1. The van der Waals surface area contributed by atoms with Gasteiger partial charge in [0.1, 0.15) is 5.75 Å². The van der Waals surface area contributed by atoms with Crippen LogP contribution in [0.15, 0.2) is 22.7 Å². The van der Waals surface area contributed by atoms with Crippen molar-refractivity contribution in [3.8, 4) is 5.75 Å². The molecule has 2 N–H and O–H groups in total. The van der Waals surface area contributed by atoms with Crippen LogP contribution in [-0.2, 0) is 4.79 Å². The van der Waals surface area contributed by atoms with E-state index in [1.54, 1.807) is 7.11 Å². The fourth-order valence-electron chi connectivity index (χ4n) is 2.30. The van der Waals surface area contributed by atoms with Gasteiger partial charge in [-0.25, -0.2) is 0 Å². The molecule has 1 aromatic carbocycles. The van der Waals surface area contributed by atoms with Crippen LogP contribution in [0.2, 0.25) is 0 Å². The zero-order chi connectivity index (χ0) is 13.7. The molecule has 104 valence electrons. The lowest BCUT2D eigenvalue weighted by molar-refractivity contribution is -0.116. The van der Waals surface area contributed by atoms with E-state index in [-0.39, 0.29) is 5.91 Å². The molecule has 1 atom stereocenters. The molecule has 0 aliphatic carbocycles. The second-order valence-electron chi connectivity index (χ2n) is 4.74. The van der Waals surface area contributed by atoms with Crippen molar-refractivity contribution >= 4 is 27.5 Å². The minimum absolute atomic E-state index is 0.0239. The van der Waals surface area contributed by atoms with Gasteiger partial charge in [0, 0.05) is 16.9 Å². The van der Waals surface area contributed by atoms with Gasteiger partial charge < -0.3 is 15.4 Å². The number of carbonyl (C=O) groups excluding carboxylic acids is 1. The van der Waals surface area contributed by atoms with E-state index in [2.05, 4.69) is 26.6 Å². The molecule has 1 saturated heterocycles. The van der Waals surface area contributed by atoms with Crippen LogP contribution in [-0.4, -0.2) is 25.6 Å². The summed E-state index contributed by atoms with van der Waals surface area (Å²) in [6, 6.07) is 5.87. The highest BCUT2D eigenvalue weighted by atomic mass is 79.9. The monoisotopic (exact) mass is 326 g/mol. The van der Waals surface area contributed by atoms with Gasteiger partial charge in [-0.05, 0) is 37.6 Å². The number of benzene rings is 1. The summed E-state index contributed by atoms with van der Waals surface area (Å²) < 4.78 is 6.16. The maximum Gasteiger partial charge on any atom is 0.226 e. The Morgan fingerprint density at radius 1 is 1.53 bits per heavy atom. The molecule has 0 spiro atoms. The Kier molecular flexibility index (Phi) is 5.22. The smallest absolute Gasteiger partial charge is 0.226 e. The van der Waals surface area contributed by atoms with Gasteiger partial charge in [-0.1, -0.05) is 22.4 Å². The predicted molar refractivity (Wildman–Crippen MR) is 79.6 cm³/mol. The zero-order valence-electron chi connectivity index (χ0n) is 11.0. The number of methoxy groups -OCH3 is 1. The van der Waals surface area contributed by atoms with Crippen molar-refractivity contribution in [2.45, 2.75) is 31.7 Å². The quantitative estimate of drug-likeness (QED) is 0.894. The van der Waals surface area contributed by atoms with Gasteiger partial charge in [0.2, 0.25) is 5.91 Å². The third kappa shape index (κ3) is 4.21. The molecule has 2 rings (SSSR count). The Morgan fingerprint density at radius 3 is 3.05 bits per heavy atom. The van der Waals surface area contributed by atoms with Crippen LogP contribution in [0.3, 0.4) is 0 Å². The van der Waals surface area contributed by atoms with Crippen LogP contribution in [0.1, 0.15) is 25.7 Å². The van der Waals surface area contributed by atoms with Gasteiger partial charge >= 0.3 is 0 Å². The van der Waals surface area contributed by atoms with Gasteiger partial charge in [-0.15, -0.1) is 0 Å². The lowest BCUT2D eigenvalue weighted by atomic mass is 10.0. The second kappa shape index (κ2) is 6.91. The summed E-state index contributed by atoms with van der Waals surface area (Å²) >= 11 is 3.39. The Labute approximate surface area is 122 Å². The van der Waals surface area contributed by atoms with Crippen LogP contribution in [0.4, 0.5) is 5.69 Å². The molecule has 4 nitrogen and oxygen atoms in total. The van der Waals surface area contributed by atoms with Gasteiger partial charge in [-0.2, -0.15) is 0 Å². The minimum atomic E-state index is 0.0239. The van der Waals surface area contributed by atoms with Crippen molar-refractivity contribution in [1.29, 1.82) is 0 Å². The molecule has 19 heavy (non-hydrogen) atoms. The van der Waals surface area contributed by atoms with Gasteiger partial charge in [0.05, 0.1) is 12.8 Å². The molecule has 1 aromatic rings. The Bertz CT molecular complexity index is 445. The molecule has 0 radical (unpaired) electrons. The summed E-state index contributed by atoms with van der Waals surface area (Å²) in [4.78, 5) is 12.0. The van der Waals surface area contributed by atoms with Crippen molar-refractivity contribution in [2.24, 2.45) is 0 Å². The topological polar surface area (TPSA) is 50.4 Å². The molecule has 1 fully saturated rings. The third-order valence-electron chi connectivity index (χ3n) is 3.28. The first-order chi connectivity index (χ1) is 9.19. The molecule has 1 unspecified atom stereocenters. The molecule has 1 aliphatic rings. The minimum Gasteiger partial charge on any atom is -0.495 e. The Hall–Kier alpha value is -1.07. The molecular weight excluding hydrogens is 308 g/mol. The highest BCUT2D eigenvalue weighted by Gasteiger charge is 2.17. The van der Waals surface area contributed by atoms with Crippen LogP contribution in [0.25, 0.3) is 0 Å². The molecule has 1 amide bonds. The first kappa shape index (κ1) is 14.3. The largest absolute Gasteiger partial charge is 0.495 e. The maximum atomic E-state index is 12.0. The van der Waals surface area contributed by atoms with Crippen LogP contribution >= 0.6 is 15.9 Å². The standard InChI is InChI=1S/C14H19BrN2O2/c1-19-13-6-5-10(15)8-12(13)17-14(18)9-11-4-2-3-7-16-11/h5-6,8,11,16H,2-4,7,9H2,1H3,(H,17,18). The third-order valence-corrected chi connectivity index (χ3v) is 3.77. The zero-order valence-corrected chi connectivity index (χ0v) is 12.6. The number of hydrogen-bond donors (Lipinski definition) is 2. The fraction of sp³-hybridized carbons (Fsp3) is 0.500. The van der Waals surface area contributed by atoms with E-state index < -0.39 is 0 Å². The lowest BCUT2D eigenvalue weighted by Gasteiger charge is -2.23. The molecule has 5 heteroatoms. The van der Waals surface area contributed by atoms with Crippen LogP contribution in [0.5, 0.6) is 5.75 Å². The normalized spacial score (nSPS) is 18.9. The fourth-order valence-corrected chi connectivity index (χ4v) is 2.66. The van der Waals surface area contributed by atoms with E-state index in [0.717, 1.165) is 17.4 Å². The predicted octanol–water partition coefficient (Wildman–Crippen LogP) is 2.93. The van der Waals surface area contributed by atoms with E-state index >= 15 is 0 Å². The van der Waals surface area contributed by atoms with E-state index in [1.807, 2.05) is 18.2 Å². The van der Waals surface area contributed by atoms with Crippen molar-refractivity contribution < 1.29 is 9.53 Å². The summed E-state index contributed by atoms with van der Waals surface area (Å²) in [6.45, 7) is 1.01. The summed E-state index contributed by atoms with van der Waals surface area (Å²) in [5.74, 6) is 0.698. The summed E-state index contributed by atoms with van der Waals surface area (Å²) in [7, 11) is 1.60. The lowest BCUT2D eigenvalue weighted by Crippen LogP contribution is -2.36. The average Bonchev–Trinajstić information content (AvgIpc) is 2.40. The molecule has 0 aromatic heterocycles. The Morgan fingerprint density at radius 2 is 2.37 bits per heavy atom. The number of rotatable bonds is 4. The van der Waals surface area contributed by atoms with Gasteiger partial charge in [0.25, 0.3) is 0 Å². The number of halogens is 1. The van der Waals surface area contributed by atoms with Crippen molar-refractivity contribution in [1.82, 2.24) is 5.32 Å². The number of hydrogen-bond acceptors (Lipinski definition) is 3. The van der Waals surface area contributed by atoms with Crippen molar-refractivity contribution in [3.63, 3.8) is 0 Å². The number of piperidine rings is 1. The summed E-state index contributed by atoms with van der Waals surface area (Å²) in [5, 5.41) is 6.29. The van der Waals surface area contributed by atoms with Crippen LogP contribution < -0.4 is 15.4 Å². The first-order valence-corrected chi connectivity index (χ1v) is 7.35.